The third-order valence-electron chi connectivity index (χ3n) is 4.61. The van der Waals surface area contributed by atoms with Gasteiger partial charge < -0.3 is 10.6 Å². The number of piperidine rings is 1. The summed E-state index contributed by atoms with van der Waals surface area (Å²) in [5.41, 5.74) is 5.26. The molecule has 1 atom stereocenters. The predicted molar refractivity (Wildman–Crippen MR) is 82.5 cm³/mol. The first-order chi connectivity index (χ1) is 10.1. The highest BCUT2D eigenvalue weighted by molar-refractivity contribution is 5.80. The van der Waals surface area contributed by atoms with E-state index < -0.39 is 0 Å². The van der Waals surface area contributed by atoms with E-state index in [1.807, 2.05) is 15.9 Å². The molecule has 2 amide bonds. The molecule has 1 aliphatic heterocycles. The first kappa shape index (κ1) is 16.0. The van der Waals surface area contributed by atoms with Gasteiger partial charge in [-0.25, -0.2) is 0 Å². The highest BCUT2D eigenvalue weighted by Gasteiger charge is 2.33. The van der Waals surface area contributed by atoms with Gasteiger partial charge in [-0.1, -0.05) is 18.9 Å². The lowest BCUT2D eigenvalue weighted by Gasteiger charge is -2.36. The Bertz CT molecular complexity index is 391. The molecule has 118 valence electrons. The van der Waals surface area contributed by atoms with Gasteiger partial charge >= 0.3 is 0 Å². The topological polar surface area (TPSA) is 66.6 Å². The first-order valence-corrected chi connectivity index (χ1v) is 8.04. The van der Waals surface area contributed by atoms with E-state index in [9.17, 15) is 9.59 Å². The smallest absolute Gasteiger partial charge is 0.231 e. The standard InChI is InChI=1S/C16H27N3O2/c1-2-9-19(14-7-3-4-8-14)16(21)13-6-5-10-18(11-13)12-15(17)20/h2,13-14H,1,3-12H2,(H2,17,20)/t13-/m0/s1. The van der Waals surface area contributed by atoms with Crippen LogP contribution < -0.4 is 5.73 Å². The van der Waals surface area contributed by atoms with Gasteiger partial charge in [0.2, 0.25) is 11.8 Å². The number of carbonyl (C=O) groups excluding carboxylic acids is 2. The van der Waals surface area contributed by atoms with Crippen LogP contribution in [-0.4, -0.2) is 53.8 Å². The maximum Gasteiger partial charge on any atom is 0.231 e. The SMILES string of the molecule is C=CCN(C(=O)[C@H]1CCCN(CC(N)=O)C1)C1CCCC1. The van der Waals surface area contributed by atoms with Gasteiger partial charge in [0.05, 0.1) is 12.5 Å². The number of carbonyl (C=O) groups is 2. The molecule has 5 nitrogen and oxygen atoms in total. The second kappa shape index (κ2) is 7.59. The zero-order valence-electron chi connectivity index (χ0n) is 12.8. The van der Waals surface area contributed by atoms with Gasteiger partial charge in [-0.3, -0.25) is 14.5 Å². The van der Waals surface area contributed by atoms with Crippen LogP contribution in [0.2, 0.25) is 0 Å². The molecule has 1 heterocycles. The maximum atomic E-state index is 12.8. The Morgan fingerprint density at radius 3 is 2.57 bits per heavy atom. The minimum absolute atomic E-state index is 0.00125. The number of nitrogens with two attached hydrogens (primary N) is 1. The number of hydrogen-bond donors (Lipinski definition) is 1. The quantitative estimate of drug-likeness (QED) is 0.747. The monoisotopic (exact) mass is 293 g/mol. The zero-order valence-corrected chi connectivity index (χ0v) is 12.8. The largest absolute Gasteiger partial charge is 0.369 e. The normalized spacial score (nSPS) is 23.9. The van der Waals surface area contributed by atoms with Crippen molar-refractivity contribution < 1.29 is 9.59 Å². The van der Waals surface area contributed by atoms with Crippen LogP contribution in [-0.2, 0) is 9.59 Å². The third-order valence-corrected chi connectivity index (χ3v) is 4.61. The Morgan fingerprint density at radius 1 is 1.24 bits per heavy atom. The fraction of sp³-hybridized carbons (Fsp3) is 0.750. The van der Waals surface area contributed by atoms with E-state index in [0.717, 1.165) is 32.2 Å². The molecule has 2 fully saturated rings. The van der Waals surface area contributed by atoms with Crippen LogP contribution in [0.15, 0.2) is 12.7 Å². The summed E-state index contributed by atoms with van der Waals surface area (Å²) in [6.07, 6.45) is 8.33. The van der Waals surface area contributed by atoms with E-state index in [4.69, 9.17) is 5.73 Å². The number of nitrogens with zero attached hydrogens (tertiary/aromatic N) is 2. The van der Waals surface area contributed by atoms with E-state index in [-0.39, 0.29) is 24.3 Å². The van der Waals surface area contributed by atoms with E-state index in [0.29, 0.717) is 19.1 Å². The molecule has 5 heteroatoms. The highest BCUT2D eigenvalue weighted by Crippen LogP contribution is 2.27. The molecular weight excluding hydrogens is 266 g/mol. The molecule has 1 saturated heterocycles. The van der Waals surface area contributed by atoms with Gasteiger partial charge in [-0.2, -0.15) is 0 Å². The Balaban J connectivity index is 1.98. The molecule has 0 bridgehead atoms. The van der Waals surface area contributed by atoms with Crippen molar-refractivity contribution in [3.05, 3.63) is 12.7 Å². The van der Waals surface area contributed by atoms with Crippen LogP contribution in [0.4, 0.5) is 0 Å². The van der Waals surface area contributed by atoms with E-state index >= 15 is 0 Å². The summed E-state index contributed by atoms with van der Waals surface area (Å²) in [5.74, 6) is -0.0866. The molecule has 1 aliphatic carbocycles. The van der Waals surface area contributed by atoms with Gasteiger partial charge in [0.15, 0.2) is 0 Å². The van der Waals surface area contributed by atoms with Gasteiger partial charge in [0.25, 0.3) is 0 Å². The van der Waals surface area contributed by atoms with E-state index in [1.54, 1.807) is 0 Å². The Hall–Kier alpha value is -1.36. The van der Waals surface area contributed by atoms with Crippen LogP contribution in [0.3, 0.4) is 0 Å². The summed E-state index contributed by atoms with van der Waals surface area (Å²) in [4.78, 5) is 27.9. The Kier molecular flexibility index (Phi) is 5.79. The number of primary amides is 1. The number of hydrogen-bond acceptors (Lipinski definition) is 3. The number of rotatable bonds is 6. The molecule has 2 rings (SSSR count). The lowest BCUT2D eigenvalue weighted by atomic mass is 9.95. The van der Waals surface area contributed by atoms with E-state index in [2.05, 4.69) is 6.58 Å². The minimum Gasteiger partial charge on any atom is -0.369 e. The summed E-state index contributed by atoms with van der Waals surface area (Å²) in [5, 5.41) is 0. The van der Waals surface area contributed by atoms with Crippen LogP contribution in [0.5, 0.6) is 0 Å². The van der Waals surface area contributed by atoms with Crippen molar-refractivity contribution in [3.63, 3.8) is 0 Å². The summed E-state index contributed by atoms with van der Waals surface area (Å²) >= 11 is 0. The van der Waals surface area contributed by atoms with Crippen molar-refractivity contribution in [1.82, 2.24) is 9.80 Å². The van der Waals surface area contributed by atoms with Gasteiger partial charge in [-0.15, -0.1) is 6.58 Å². The first-order valence-electron chi connectivity index (χ1n) is 8.04. The molecular formula is C16H27N3O2. The van der Waals surface area contributed by atoms with Gasteiger partial charge in [0.1, 0.15) is 0 Å². The third kappa shape index (κ3) is 4.30. The highest BCUT2D eigenvalue weighted by atomic mass is 16.2. The summed E-state index contributed by atoms with van der Waals surface area (Å²) in [7, 11) is 0. The average Bonchev–Trinajstić information content (AvgIpc) is 2.97. The fourth-order valence-corrected chi connectivity index (χ4v) is 3.63. The second-order valence-corrected chi connectivity index (χ2v) is 6.26. The van der Waals surface area contributed by atoms with Gasteiger partial charge in [0, 0.05) is 19.1 Å². The number of amides is 2. The Morgan fingerprint density at radius 2 is 1.95 bits per heavy atom. The van der Waals surface area contributed by atoms with E-state index in [1.165, 1.54) is 12.8 Å². The molecule has 0 aromatic heterocycles. The predicted octanol–water partition coefficient (Wildman–Crippen LogP) is 1.14. The molecule has 2 N–H and O–H groups in total. The van der Waals surface area contributed by atoms with Crippen LogP contribution >= 0.6 is 0 Å². The molecule has 21 heavy (non-hydrogen) atoms. The fourth-order valence-electron chi connectivity index (χ4n) is 3.63. The lowest BCUT2D eigenvalue weighted by molar-refractivity contribution is -0.139. The molecule has 0 radical (unpaired) electrons. The minimum atomic E-state index is -0.318. The summed E-state index contributed by atoms with van der Waals surface area (Å²) in [6, 6.07) is 0.377. The average molecular weight is 293 g/mol. The van der Waals surface area contributed by atoms with Crippen molar-refractivity contribution in [1.29, 1.82) is 0 Å². The van der Waals surface area contributed by atoms with Crippen molar-refractivity contribution >= 4 is 11.8 Å². The molecule has 2 aliphatic rings. The molecule has 1 saturated carbocycles. The van der Waals surface area contributed by atoms with Crippen LogP contribution in [0, 0.1) is 5.92 Å². The molecule has 0 spiro atoms. The van der Waals surface area contributed by atoms with Crippen molar-refractivity contribution in [2.24, 2.45) is 11.7 Å². The van der Waals surface area contributed by atoms with Gasteiger partial charge in [-0.05, 0) is 32.2 Å². The molecule has 0 aromatic rings. The summed E-state index contributed by atoms with van der Waals surface area (Å²) in [6.45, 7) is 6.20. The molecule has 0 aromatic carbocycles. The lowest BCUT2D eigenvalue weighted by Crippen LogP contribution is -2.49. The molecule has 0 unspecified atom stereocenters. The van der Waals surface area contributed by atoms with Crippen LogP contribution in [0.25, 0.3) is 0 Å². The summed E-state index contributed by atoms with van der Waals surface area (Å²) < 4.78 is 0. The zero-order chi connectivity index (χ0) is 15.2. The van der Waals surface area contributed by atoms with Crippen molar-refractivity contribution in [2.75, 3.05) is 26.2 Å². The van der Waals surface area contributed by atoms with Crippen molar-refractivity contribution in [3.8, 4) is 0 Å². The van der Waals surface area contributed by atoms with Crippen LogP contribution in [0.1, 0.15) is 38.5 Å². The Labute approximate surface area is 127 Å². The maximum absolute atomic E-state index is 12.8. The number of likely N-dealkylation sites (tertiary alicyclic amines) is 1. The second-order valence-electron chi connectivity index (χ2n) is 6.26. The van der Waals surface area contributed by atoms with Crippen molar-refractivity contribution in [2.45, 2.75) is 44.6 Å².